The van der Waals surface area contributed by atoms with E-state index in [1.165, 1.54) is 19.3 Å². The predicted octanol–water partition coefficient (Wildman–Crippen LogP) is 11.1. The topological polar surface area (TPSA) is 148 Å². The Hall–Kier alpha value is -2.26. The number of hydrogen-bond acceptors (Lipinski definition) is 8. The molecule has 0 rings (SSSR count). The predicted molar refractivity (Wildman–Crippen MR) is 252 cm³/mol. The Bertz CT molecular complexity index is 1190. The van der Waals surface area contributed by atoms with Crippen molar-refractivity contribution in [2.45, 2.75) is 244 Å². The van der Waals surface area contributed by atoms with Gasteiger partial charge in [0.2, 0.25) is 17.7 Å². The van der Waals surface area contributed by atoms with E-state index < -0.39 is 5.41 Å². The van der Waals surface area contributed by atoms with Crippen LogP contribution in [0.3, 0.4) is 0 Å². The number of nitrogens with one attached hydrogen (secondary N) is 3. The van der Waals surface area contributed by atoms with Crippen molar-refractivity contribution in [3.8, 4) is 6.07 Å². The van der Waals surface area contributed by atoms with Crippen molar-refractivity contribution in [2.24, 2.45) is 17.3 Å². The van der Waals surface area contributed by atoms with Gasteiger partial charge in [-0.15, -0.1) is 0 Å². The SMILES string of the molecule is CC.CC(C)(C#N)CCC(=O)NCCC(C)(C)OCC(C)(C)OC(C)(C)C.CC(C)C(=O)NCCC(C)(C)OCC(C)(C)OC(C)(C)C.CCCCCCNC(=O)C(C)C. The molecule has 0 saturated heterocycles. The van der Waals surface area contributed by atoms with E-state index in [1.54, 1.807) is 0 Å². The summed E-state index contributed by atoms with van der Waals surface area (Å²) in [6.45, 7) is 49.0. The number of carbonyl (C=O) groups is 3. The number of rotatable bonds is 24. The first-order valence-electron chi connectivity index (χ1n) is 22.9. The average Bonchev–Trinajstić information content (AvgIpc) is 3.08. The van der Waals surface area contributed by atoms with E-state index >= 15 is 0 Å². The molecule has 0 aliphatic carbocycles. The normalized spacial score (nSPS) is 12.5. The first kappa shape index (κ1) is 64.4. The maximum absolute atomic E-state index is 11.9. The van der Waals surface area contributed by atoms with Crippen LogP contribution in [0.25, 0.3) is 0 Å². The minimum Gasteiger partial charge on any atom is -0.373 e. The molecule has 60 heavy (non-hydrogen) atoms. The van der Waals surface area contributed by atoms with Gasteiger partial charge in [-0.3, -0.25) is 14.4 Å². The Morgan fingerprint density at radius 2 is 0.900 bits per heavy atom. The van der Waals surface area contributed by atoms with E-state index in [9.17, 15) is 14.4 Å². The summed E-state index contributed by atoms with van der Waals surface area (Å²) in [6, 6.07) is 2.21. The highest BCUT2D eigenvalue weighted by molar-refractivity contribution is 5.78. The molecule has 0 aromatic carbocycles. The average molecular weight is 857 g/mol. The van der Waals surface area contributed by atoms with E-state index in [0.29, 0.717) is 45.6 Å². The fraction of sp³-hybridized carbons (Fsp3) is 0.918. The van der Waals surface area contributed by atoms with Crippen LogP contribution in [0.5, 0.6) is 0 Å². The van der Waals surface area contributed by atoms with Gasteiger partial charge >= 0.3 is 0 Å². The van der Waals surface area contributed by atoms with E-state index in [-0.39, 0.29) is 63.2 Å². The fourth-order valence-corrected chi connectivity index (χ4v) is 5.33. The number of hydrogen-bond donors (Lipinski definition) is 3. The van der Waals surface area contributed by atoms with Crippen LogP contribution in [0.4, 0.5) is 0 Å². The highest BCUT2D eigenvalue weighted by Gasteiger charge is 2.31. The summed E-state index contributed by atoms with van der Waals surface area (Å²) < 4.78 is 24.1. The van der Waals surface area contributed by atoms with Gasteiger partial charge in [0.05, 0.1) is 58.3 Å². The maximum atomic E-state index is 11.9. The molecule has 3 amide bonds. The van der Waals surface area contributed by atoms with Crippen molar-refractivity contribution in [2.75, 3.05) is 32.8 Å². The summed E-state index contributed by atoms with van der Waals surface area (Å²) in [4.78, 5) is 34.5. The molecule has 0 aliphatic heterocycles. The first-order chi connectivity index (χ1) is 27.0. The number of nitrogens with zero attached hydrogens (tertiary/aromatic N) is 1. The molecule has 0 aromatic rings. The lowest BCUT2D eigenvalue weighted by Crippen LogP contribution is -2.42. The third kappa shape index (κ3) is 43.8. The number of nitriles is 1. The lowest BCUT2D eigenvalue weighted by molar-refractivity contribution is -0.167. The summed E-state index contributed by atoms with van der Waals surface area (Å²) in [6.07, 6.45) is 7.29. The fourth-order valence-electron chi connectivity index (χ4n) is 5.33. The third-order valence-corrected chi connectivity index (χ3v) is 8.52. The van der Waals surface area contributed by atoms with Crippen LogP contribution in [-0.4, -0.2) is 84.2 Å². The van der Waals surface area contributed by atoms with E-state index in [2.05, 4.69) is 28.9 Å². The van der Waals surface area contributed by atoms with Gasteiger partial charge in [0.15, 0.2) is 0 Å². The van der Waals surface area contributed by atoms with E-state index in [4.69, 9.17) is 24.2 Å². The quantitative estimate of drug-likeness (QED) is 0.0813. The van der Waals surface area contributed by atoms with Crippen molar-refractivity contribution in [3.05, 3.63) is 0 Å². The molecule has 0 heterocycles. The van der Waals surface area contributed by atoms with Gasteiger partial charge in [0.25, 0.3) is 0 Å². The highest BCUT2D eigenvalue weighted by Crippen LogP contribution is 2.25. The molecule has 0 saturated carbocycles. The monoisotopic (exact) mass is 857 g/mol. The maximum Gasteiger partial charge on any atom is 0.222 e. The zero-order valence-electron chi connectivity index (χ0n) is 43.7. The van der Waals surface area contributed by atoms with Gasteiger partial charge in [-0.05, 0) is 136 Å². The second-order valence-corrected chi connectivity index (χ2v) is 21.3. The molecule has 0 aromatic heterocycles. The third-order valence-electron chi connectivity index (χ3n) is 8.52. The zero-order valence-corrected chi connectivity index (χ0v) is 43.7. The Kier molecular flexibility index (Phi) is 33.0. The van der Waals surface area contributed by atoms with Crippen LogP contribution < -0.4 is 16.0 Å². The van der Waals surface area contributed by atoms with Gasteiger partial charge in [-0.25, -0.2) is 0 Å². The Labute approximate surface area is 371 Å². The number of carbonyl (C=O) groups excluding carboxylic acids is 3. The smallest absolute Gasteiger partial charge is 0.222 e. The van der Waals surface area contributed by atoms with Crippen molar-refractivity contribution in [3.63, 3.8) is 0 Å². The molecule has 0 radical (unpaired) electrons. The second-order valence-electron chi connectivity index (χ2n) is 21.3. The van der Waals surface area contributed by atoms with Crippen LogP contribution in [0, 0.1) is 28.6 Å². The molecule has 0 fully saturated rings. The number of amides is 3. The van der Waals surface area contributed by atoms with Crippen molar-refractivity contribution >= 4 is 17.7 Å². The molecule has 11 nitrogen and oxygen atoms in total. The molecule has 358 valence electrons. The summed E-state index contributed by atoms with van der Waals surface area (Å²) >= 11 is 0. The highest BCUT2D eigenvalue weighted by atomic mass is 16.6. The van der Waals surface area contributed by atoms with Crippen molar-refractivity contribution in [1.82, 2.24) is 16.0 Å². The van der Waals surface area contributed by atoms with Gasteiger partial charge in [-0.1, -0.05) is 67.7 Å². The minimum absolute atomic E-state index is 0.0180. The number of unbranched alkanes of at least 4 members (excludes halogenated alkanes) is 3. The largest absolute Gasteiger partial charge is 0.373 e. The van der Waals surface area contributed by atoms with Gasteiger partial charge < -0.3 is 34.9 Å². The molecule has 0 bridgehead atoms. The molecular formula is C49H100N4O7. The molecule has 0 unspecified atom stereocenters. The van der Waals surface area contributed by atoms with Crippen LogP contribution in [0.2, 0.25) is 0 Å². The Balaban J connectivity index is -0.000000405. The van der Waals surface area contributed by atoms with Crippen molar-refractivity contribution in [1.29, 1.82) is 5.26 Å². The van der Waals surface area contributed by atoms with Crippen LogP contribution in [0.1, 0.15) is 211 Å². The molecular weight excluding hydrogens is 757 g/mol. The van der Waals surface area contributed by atoms with Crippen LogP contribution >= 0.6 is 0 Å². The molecule has 3 N–H and O–H groups in total. The second kappa shape index (κ2) is 30.7. The zero-order chi connectivity index (χ0) is 48.2. The first-order valence-corrected chi connectivity index (χ1v) is 22.9. The molecule has 0 spiro atoms. The summed E-state index contributed by atoms with van der Waals surface area (Å²) in [7, 11) is 0. The summed E-state index contributed by atoms with van der Waals surface area (Å²) in [5, 5.41) is 17.7. The molecule has 0 aliphatic rings. The van der Waals surface area contributed by atoms with Gasteiger partial charge in [-0.2, -0.15) is 5.26 Å². The van der Waals surface area contributed by atoms with Gasteiger partial charge in [0.1, 0.15) is 0 Å². The van der Waals surface area contributed by atoms with Gasteiger partial charge in [0, 0.05) is 37.9 Å². The minimum atomic E-state index is -0.460. The molecule has 0 atom stereocenters. The van der Waals surface area contributed by atoms with E-state index in [0.717, 1.165) is 19.4 Å². The lowest BCUT2D eigenvalue weighted by Gasteiger charge is -2.36. The van der Waals surface area contributed by atoms with Crippen LogP contribution in [-0.2, 0) is 33.3 Å². The number of ether oxygens (including phenoxy) is 4. The van der Waals surface area contributed by atoms with Crippen LogP contribution in [0.15, 0.2) is 0 Å². The summed E-state index contributed by atoms with van der Waals surface area (Å²) in [5.41, 5.74) is -2.22. The van der Waals surface area contributed by atoms with E-state index in [1.807, 2.05) is 152 Å². The Morgan fingerprint density at radius 1 is 0.533 bits per heavy atom. The molecule has 11 heteroatoms. The van der Waals surface area contributed by atoms with Crippen molar-refractivity contribution < 1.29 is 33.3 Å². The Morgan fingerprint density at radius 3 is 1.23 bits per heavy atom. The lowest BCUT2D eigenvalue weighted by atomic mass is 9.90. The standard InChI is InChI=1S/C20H38N2O3.C17H35NO3.C10H21NO.C2H6/c1-17(2,3)25-20(8,9)15-24-19(6,7)12-13-22-16(23)10-11-18(4,5)14-21;1-13(2)14(19)18-11-10-16(6,7)20-12-17(8,9)21-15(3,4)5;1-4-5-6-7-8-11-10(12)9(2)3;1-2/h10-13,15H2,1-9H3,(H,22,23);13H,10-12H2,1-9H3,(H,18,19);9H,4-8H2,1-3H3,(H,11,12);1-2H3. The summed E-state index contributed by atoms with van der Waals surface area (Å²) in [5.74, 6) is 0.383.